The van der Waals surface area contributed by atoms with Gasteiger partial charge in [-0.25, -0.2) is 4.98 Å². The van der Waals surface area contributed by atoms with Gasteiger partial charge in [-0.15, -0.1) is 11.3 Å². The smallest absolute Gasteiger partial charge is 0.310 e. The van der Waals surface area contributed by atoms with Crippen LogP contribution < -0.4 is 0 Å². The minimum absolute atomic E-state index is 0.521. The molecule has 0 aromatic carbocycles. The highest BCUT2D eigenvalue weighted by Gasteiger charge is 2.50. The number of aromatic amines is 1. The lowest BCUT2D eigenvalue weighted by Crippen LogP contribution is -2.17. The molecule has 0 spiro atoms. The molecular weight excluding hydrogens is 236 g/mol. The molecule has 0 saturated heterocycles. The third-order valence-corrected chi connectivity index (χ3v) is 4.09. The summed E-state index contributed by atoms with van der Waals surface area (Å²) in [7, 11) is 0. The van der Waals surface area contributed by atoms with E-state index in [1.54, 1.807) is 11.3 Å². The van der Waals surface area contributed by atoms with E-state index in [0.29, 0.717) is 6.42 Å². The first-order valence-corrected chi connectivity index (χ1v) is 6.39. The minimum atomic E-state index is -0.684. The Balaban J connectivity index is 1.80. The Kier molecular flexibility index (Phi) is 2.29. The number of carboxylic acid groups (broad SMARTS) is 1. The highest BCUT2D eigenvalue weighted by Crippen LogP contribution is 2.49. The van der Waals surface area contributed by atoms with Crippen molar-refractivity contribution < 1.29 is 9.90 Å². The molecule has 17 heavy (non-hydrogen) atoms. The van der Waals surface area contributed by atoms with Crippen LogP contribution in [0, 0.1) is 5.41 Å². The number of hydrogen-bond acceptors (Lipinski definition) is 3. The molecule has 0 aliphatic heterocycles. The van der Waals surface area contributed by atoms with Crippen LogP contribution in [-0.4, -0.2) is 21.0 Å². The van der Waals surface area contributed by atoms with E-state index in [-0.39, 0.29) is 0 Å². The van der Waals surface area contributed by atoms with E-state index in [1.807, 2.05) is 23.8 Å². The summed E-state index contributed by atoms with van der Waals surface area (Å²) in [6.45, 7) is 0. The Morgan fingerprint density at radius 2 is 2.41 bits per heavy atom. The predicted molar refractivity (Wildman–Crippen MR) is 64.9 cm³/mol. The topological polar surface area (TPSA) is 66.0 Å². The fraction of sp³-hybridized carbons (Fsp3) is 0.333. The van der Waals surface area contributed by atoms with Crippen LogP contribution in [0.1, 0.15) is 17.8 Å². The molecule has 2 heterocycles. The number of hydrogen-bond donors (Lipinski definition) is 2. The van der Waals surface area contributed by atoms with Gasteiger partial charge in [0.15, 0.2) is 0 Å². The van der Waals surface area contributed by atoms with Crippen molar-refractivity contribution in [2.24, 2.45) is 5.41 Å². The standard InChI is InChI=1S/C12H12N2O2S/c15-11(16)12(2-3-12)5-10-14-9(7-17-10)8-1-4-13-6-8/h1,4,6-7,13H,2-3,5H2,(H,15,16). The number of H-pyrrole nitrogens is 1. The van der Waals surface area contributed by atoms with Crippen molar-refractivity contribution in [3.63, 3.8) is 0 Å². The number of aliphatic carboxylic acids is 1. The molecule has 0 atom stereocenters. The van der Waals surface area contributed by atoms with Gasteiger partial charge in [0.1, 0.15) is 0 Å². The maximum absolute atomic E-state index is 11.1. The summed E-state index contributed by atoms with van der Waals surface area (Å²) < 4.78 is 0. The van der Waals surface area contributed by atoms with Gasteiger partial charge >= 0.3 is 5.97 Å². The SMILES string of the molecule is O=C(O)C1(Cc2nc(-c3cc[nH]c3)cs2)CC1. The second-order valence-electron chi connectivity index (χ2n) is 4.49. The normalized spacial score (nSPS) is 16.9. The van der Waals surface area contributed by atoms with Crippen LogP contribution in [0.4, 0.5) is 0 Å². The summed E-state index contributed by atoms with van der Waals surface area (Å²) in [6.07, 6.45) is 5.87. The molecule has 2 aromatic heterocycles. The maximum Gasteiger partial charge on any atom is 0.310 e. The molecule has 5 heteroatoms. The molecule has 1 aliphatic carbocycles. The van der Waals surface area contributed by atoms with Crippen molar-refractivity contribution in [2.75, 3.05) is 0 Å². The van der Waals surface area contributed by atoms with Crippen molar-refractivity contribution in [3.05, 3.63) is 28.8 Å². The van der Waals surface area contributed by atoms with Crippen LogP contribution in [0.15, 0.2) is 23.8 Å². The van der Waals surface area contributed by atoms with E-state index in [9.17, 15) is 4.79 Å². The summed E-state index contributed by atoms with van der Waals surface area (Å²) in [6, 6.07) is 1.96. The van der Waals surface area contributed by atoms with Crippen LogP contribution in [-0.2, 0) is 11.2 Å². The Hall–Kier alpha value is -1.62. The summed E-state index contributed by atoms with van der Waals surface area (Å²) in [4.78, 5) is 18.6. The van der Waals surface area contributed by atoms with E-state index in [2.05, 4.69) is 9.97 Å². The van der Waals surface area contributed by atoms with Crippen molar-refractivity contribution in [1.29, 1.82) is 0 Å². The van der Waals surface area contributed by atoms with Crippen molar-refractivity contribution >= 4 is 17.3 Å². The average Bonchev–Trinajstić information content (AvgIpc) is 2.76. The monoisotopic (exact) mass is 248 g/mol. The second-order valence-corrected chi connectivity index (χ2v) is 5.43. The lowest BCUT2D eigenvalue weighted by atomic mass is 10.0. The van der Waals surface area contributed by atoms with Crippen LogP contribution in [0.5, 0.6) is 0 Å². The zero-order valence-corrected chi connectivity index (χ0v) is 9.96. The molecule has 3 rings (SSSR count). The highest BCUT2D eigenvalue weighted by atomic mass is 32.1. The molecule has 0 bridgehead atoms. The Morgan fingerprint density at radius 1 is 1.59 bits per heavy atom. The molecule has 0 amide bonds. The largest absolute Gasteiger partial charge is 0.481 e. The number of carboxylic acids is 1. The molecule has 0 unspecified atom stereocenters. The van der Waals surface area contributed by atoms with Gasteiger partial charge < -0.3 is 10.1 Å². The number of thiazole rings is 1. The van der Waals surface area contributed by atoms with Gasteiger partial charge in [0.05, 0.1) is 16.1 Å². The number of rotatable bonds is 4. The number of nitrogens with one attached hydrogen (secondary N) is 1. The molecule has 1 saturated carbocycles. The first-order valence-electron chi connectivity index (χ1n) is 5.51. The van der Waals surface area contributed by atoms with Gasteiger partial charge in [-0.1, -0.05) is 0 Å². The summed E-state index contributed by atoms with van der Waals surface area (Å²) in [5, 5.41) is 12.0. The average molecular weight is 248 g/mol. The van der Waals surface area contributed by atoms with Gasteiger partial charge in [-0.3, -0.25) is 4.79 Å². The summed E-state index contributed by atoms with van der Waals surface area (Å²) >= 11 is 1.54. The predicted octanol–water partition coefficient (Wildman–Crippen LogP) is 2.55. The van der Waals surface area contributed by atoms with E-state index in [4.69, 9.17) is 5.11 Å². The Bertz CT molecular complexity index is 541. The first-order chi connectivity index (χ1) is 8.20. The van der Waals surface area contributed by atoms with Gasteiger partial charge in [0, 0.05) is 29.8 Å². The highest BCUT2D eigenvalue weighted by molar-refractivity contribution is 7.10. The van der Waals surface area contributed by atoms with Gasteiger partial charge in [0.25, 0.3) is 0 Å². The second kappa shape index (κ2) is 3.70. The summed E-state index contributed by atoms with van der Waals surface area (Å²) in [5.41, 5.74) is 1.45. The fourth-order valence-corrected chi connectivity index (χ4v) is 2.86. The number of aromatic nitrogens is 2. The van der Waals surface area contributed by atoms with Crippen LogP contribution in [0.3, 0.4) is 0 Å². The van der Waals surface area contributed by atoms with E-state index >= 15 is 0 Å². The lowest BCUT2D eigenvalue weighted by molar-refractivity contribution is -0.143. The van der Waals surface area contributed by atoms with Gasteiger partial charge in [0.2, 0.25) is 0 Å². The number of nitrogens with zero attached hydrogens (tertiary/aromatic N) is 1. The van der Waals surface area contributed by atoms with Crippen molar-refractivity contribution in [1.82, 2.24) is 9.97 Å². The van der Waals surface area contributed by atoms with E-state index in [1.165, 1.54) is 0 Å². The zero-order valence-electron chi connectivity index (χ0n) is 9.14. The van der Waals surface area contributed by atoms with E-state index < -0.39 is 11.4 Å². The fourth-order valence-electron chi connectivity index (χ4n) is 1.91. The van der Waals surface area contributed by atoms with E-state index in [0.717, 1.165) is 29.1 Å². The Labute approximate surface area is 102 Å². The van der Waals surface area contributed by atoms with Crippen LogP contribution in [0.25, 0.3) is 11.3 Å². The first kappa shape index (κ1) is 10.5. The summed E-state index contributed by atoms with van der Waals surface area (Å²) in [5.74, 6) is -0.684. The zero-order chi connectivity index (χ0) is 11.9. The molecule has 4 nitrogen and oxygen atoms in total. The minimum Gasteiger partial charge on any atom is -0.481 e. The third-order valence-electron chi connectivity index (χ3n) is 3.24. The quantitative estimate of drug-likeness (QED) is 0.873. The van der Waals surface area contributed by atoms with Crippen molar-refractivity contribution in [3.8, 4) is 11.3 Å². The molecule has 2 N–H and O–H groups in total. The third kappa shape index (κ3) is 1.86. The molecular formula is C12H12N2O2S. The molecule has 1 fully saturated rings. The van der Waals surface area contributed by atoms with Crippen molar-refractivity contribution in [2.45, 2.75) is 19.3 Å². The maximum atomic E-state index is 11.1. The molecule has 2 aromatic rings. The van der Waals surface area contributed by atoms with Crippen LogP contribution >= 0.6 is 11.3 Å². The Morgan fingerprint density at radius 3 is 3.00 bits per heavy atom. The lowest BCUT2D eigenvalue weighted by Gasteiger charge is -2.05. The van der Waals surface area contributed by atoms with Gasteiger partial charge in [-0.2, -0.15) is 0 Å². The molecule has 88 valence electrons. The molecule has 0 radical (unpaired) electrons. The molecule has 1 aliphatic rings. The number of carbonyl (C=O) groups is 1. The van der Waals surface area contributed by atoms with Crippen LogP contribution in [0.2, 0.25) is 0 Å². The van der Waals surface area contributed by atoms with Gasteiger partial charge in [-0.05, 0) is 18.9 Å².